The minimum Gasteiger partial charge on any atom is -0.481 e. The number of fused-ring (bicyclic) bond motifs is 9. The normalized spacial score (nSPS) is 17.9. The summed E-state index contributed by atoms with van der Waals surface area (Å²) in [6.07, 6.45) is 0.526. The molecule has 0 saturated carbocycles. The molecule has 2 aliphatic rings. The smallest absolute Gasteiger partial charge is 0.387 e. The zero-order chi connectivity index (χ0) is 24.8. The standard InChI is InChI=1S/C28H21F2N3O3/c1-32-23-16-22(25-19(27(32)34)10-5-11-24(25)36-28(29)30)33-21-15-17(12-13-20(21)31-26(23)33)7-6-14-35-18-8-3-2-4-9-18/h2-5,8-13,15,22-23,28H,14,16H2,1H3/t22-,23-/m1/s1. The van der Waals surface area contributed by atoms with E-state index < -0.39 is 6.61 Å². The maximum atomic E-state index is 13.2. The highest BCUT2D eigenvalue weighted by Gasteiger charge is 2.44. The molecule has 2 aliphatic heterocycles. The molecule has 1 aromatic heterocycles. The van der Waals surface area contributed by atoms with E-state index >= 15 is 0 Å². The minimum atomic E-state index is -3.00. The second-order valence-electron chi connectivity index (χ2n) is 8.73. The third kappa shape index (κ3) is 3.64. The molecule has 0 unspecified atom stereocenters. The van der Waals surface area contributed by atoms with Crippen LogP contribution in [0.15, 0.2) is 66.7 Å². The van der Waals surface area contributed by atoms with Crippen molar-refractivity contribution in [2.75, 3.05) is 13.7 Å². The number of para-hydroxylation sites is 1. The van der Waals surface area contributed by atoms with Gasteiger partial charge < -0.3 is 18.9 Å². The summed E-state index contributed by atoms with van der Waals surface area (Å²) in [6.45, 7) is -2.75. The van der Waals surface area contributed by atoms with E-state index in [4.69, 9.17) is 14.5 Å². The van der Waals surface area contributed by atoms with Crippen LogP contribution in [0.3, 0.4) is 0 Å². The van der Waals surface area contributed by atoms with Gasteiger partial charge in [-0.1, -0.05) is 36.1 Å². The Balaban J connectivity index is 1.41. The number of ether oxygens (including phenoxy) is 2. The van der Waals surface area contributed by atoms with Gasteiger partial charge in [0.2, 0.25) is 0 Å². The number of amides is 1. The number of hydrogen-bond acceptors (Lipinski definition) is 4. The number of imidazole rings is 1. The molecule has 0 fully saturated rings. The Labute approximate surface area is 206 Å². The van der Waals surface area contributed by atoms with E-state index in [1.165, 1.54) is 6.07 Å². The quantitative estimate of drug-likeness (QED) is 0.374. The van der Waals surface area contributed by atoms with Crippen molar-refractivity contribution in [2.45, 2.75) is 25.1 Å². The van der Waals surface area contributed by atoms with E-state index in [2.05, 4.69) is 11.8 Å². The molecule has 180 valence electrons. The van der Waals surface area contributed by atoms with Crippen LogP contribution in [0.2, 0.25) is 0 Å². The van der Waals surface area contributed by atoms with Crippen LogP contribution in [0.25, 0.3) is 11.0 Å². The van der Waals surface area contributed by atoms with E-state index in [1.807, 2.05) is 53.1 Å². The highest BCUT2D eigenvalue weighted by Crippen LogP contribution is 2.49. The molecule has 3 aromatic carbocycles. The van der Waals surface area contributed by atoms with Gasteiger partial charge >= 0.3 is 6.61 Å². The van der Waals surface area contributed by atoms with Crippen molar-refractivity contribution in [2.24, 2.45) is 0 Å². The van der Waals surface area contributed by atoms with Gasteiger partial charge in [0.15, 0.2) is 0 Å². The fourth-order valence-electron chi connectivity index (χ4n) is 5.13. The summed E-state index contributed by atoms with van der Waals surface area (Å²) in [4.78, 5) is 19.7. The lowest BCUT2D eigenvalue weighted by atomic mass is 9.97. The van der Waals surface area contributed by atoms with Crippen molar-refractivity contribution in [3.63, 3.8) is 0 Å². The number of halogens is 2. The fraction of sp³-hybridized carbons (Fsp3) is 0.214. The number of alkyl halides is 2. The van der Waals surface area contributed by atoms with Gasteiger partial charge in [-0.3, -0.25) is 4.79 Å². The summed E-state index contributed by atoms with van der Waals surface area (Å²) in [6, 6.07) is 19.2. The maximum Gasteiger partial charge on any atom is 0.387 e. The third-order valence-corrected chi connectivity index (χ3v) is 6.69. The van der Waals surface area contributed by atoms with Crippen LogP contribution in [-0.4, -0.2) is 40.6 Å². The van der Waals surface area contributed by atoms with Crippen LogP contribution in [0, 0.1) is 11.8 Å². The number of hydrogen-bond donors (Lipinski definition) is 0. The lowest BCUT2D eigenvalue weighted by Crippen LogP contribution is -2.30. The Morgan fingerprint density at radius 1 is 1.08 bits per heavy atom. The lowest BCUT2D eigenvalue weighted by molar-refractivity contribution is -0.0507. The van der Waals surface area contributed by atoms with Crippen LogP contribution in [0.5, 0.6) is 11.5 Å². The van der Waals surface area contributed by atoms with Crippen LogP contribution in [0.1, 0.15) is 45.8 Å². The number of carbonyl (C=O) groups is 1. The first-order valence-electron chi connectivity index (χ1n) is 11.5. The molecule has 3 heterocycles. The molecule has 2 atom stereocenters. The summed E-state index contributed by atoms with van der Waals surface area (Å²) in [5.41, 5.74) is 3.19. The van der Waals surface area contributed by atoms with E-state index in [0.29, 0.717) is 17.5 Å². The van der Waals surface area contributed by atoms with E-state index in [9.17, 15) is 13.6 Å². The van der Waals surface area contributed by atoms with Crippen LogP contribution < -0.4 is 9.47 Å². The number of aromatic nitrogens is 2. The molecule has 1 amide bonds. The van der Waals surface area contributed by atoms with Gasteiger partial charge in [0, 0.05) is 30.2 Å². The van der Waals surface area contributed by atoms with Gasteiger partial charge in [-0.15, -0.1) is 0 Å². The Bertz CT molecular complexity index is 1540. The van der Waals surface area contributed by atoms with Crippen molar-refractivity contribution in [1.29, 1.82) is 0 Å². The molecule has 36 heavy (non-hydrogen) atoms. The highest BCUT2D eigenvalue weighted by atomic mass is 19.3. The zero-order valence-electron chi connectivity index (χ0n) is 19.3. The van der Waals surface area contributed by atoms with Gasteiger partial charge in [-0.2, -0.15) is 8.78 Å². The Hall–Kier alpha value is -4.38. The van der Waals surface area contributed by atoms with Crippen LogP contribution in [-0.2, 0) is 0 Å². The predicted octanol–water partition coefficient (Wildman–Crippen LogP) is 5.19. The molecular formula is C28H21F2N3O3. The molecule has 2 bridgehead atoms. The molecule has 0 saturated heterocycles. The fourth-order valence-corrected chi connectivity index (χ4v) is 5.13. The molecule has 0 spiro atoms. The van der Waals surface area contributed by atoms with Crippen LogP contribution in [0.4, 0.5) is 8.78 Å². The molecular weight excluding hydrogens is 464 g/mol. The van der Waals surface area contributed by atoms with Crippen LogP contribution >= 0.6 is 0 Å². The molecule has 4 aromatic rings. The monoisotopic (exact) mass is 485 g/mol. The lowest BCUT2D eigenvalue weighted by Gasteiger charge is -2.24. The van der Waals surface area contributed by atoms with Crippen molar-refractivity contribution in [3.05, 3.63) is 89.2 Å². The first kappa shape index (κ1) is 22.1. The highest BCUT2D eigenvalue weighted by molar-refractivity contribution is 5.97. The molecule has 0 aliphatic carbocycles. The van der Waals surface area contributed by atoms with Gasteiger partial charge in [0.25, 0.3) is 5.91 Å². The topological polar surface area (TPSA) is 56.6 Å². The number of nitrogens with zero attached hydrogens (tertiary/aromatic N) is 3. The number of carbonyl (C=O) groups excluding carboxylic acids is 1. The Morgan fingerprint density at radius 3 is 2.72 bits per heavy atom. The van der Waals surface area contributed by atoms with Gasteiger partial charge in [-0.05, 0) is 42.5 Å². The second kappa shape index (κ2) is 8.68. The molecule has 8 heteroatoms. The van der Waals surface area contributed by atoms with E-state index in [0.717, 1.165) is 28.2 Å². The number of benzene rings is 3. The predicted molar refractivity (Wildman–Crippen MR) is 129 cm³/mol. The molecule has 0 N–H and O–H groups in total. The van der Waals surface area contributed by atoms with E-state index in [1.54, 1.807) is 24.1 Å². The van der Waals surface area contributed by atoms with Gasteiger partial charge in [-0.25, -0.2) is 4.98 Å². The molecule has 0 radical (unpaired) electrons. The SMILES string of the molecule is CN1C(=O)c2cccc(OC(F)F)c2[C@H]2C[C@@H]1c1nc3ccc(C#CCOc4ccccc4)cc3n12. The Kier molecular flexibility index (Phi) is 5.33. The molecule has 6 rings (SSSR count). The van der Waals surface area contributed by atoms with E-state index in [-0.39, 0.29) is 30.3 Å². The van der Waals surface area contributed by atoms with Crippen molar-refractivity contribution < 1.29 is 23.0 Å². The first-order valence-corrected chi connectivity index (χ1v) is 11.5. The second-order valence-corrected chi connectivity index (χ2v) is 8.73. The summed E-state index contributed by atoms with van der Waals surface area (Å²) in [5.74, 6) is 7.41. The minimum absolute atomic E-state index is 0.0126. The maximum absolute atomic E-state index is 13.2. The Morgan fingerprint density at radius 2 is 1.92 bits per heavy atom. The summed E-state index contributed by atoms with van der Waals surface area (Å²) >= 11 is 0. The van der Waals surface area contributed by atoms with Crippen molar-refractivity contribution in [3.8, 4) is 23.3 Å². The molecule has 6 nitrogen and oxygen atoms in total. The van der Waals surface area contributed by atoms with Crippen molar-refractivity contribution in [1.82, 2.24) is 14.5 Å². The third-order valence-electron chi connectivity index (χ3n) is 6.69. The van der Waals surface area contributed by atoms with Crippen molar-refractivity contribution >= 4 is 16.9 Å². The average molecular weight is 485 g/mol. The first-order chi connectivity index (χ1) is 17.5. The summed E-state index contributed by atoms with van der Waals surface area (Å²) in [7, 11) is 1.72. The van der Waals surface area contributed by atoms with Gasteiger partial charge in [0.1, 0.15) is 23.9 Å². The largest absolute Gasteiger partial charge is 0.481 e. The average Bonchev–Trinajstić information content (AvgIpc) is 3.40. The van der Waals surface area contributed by atoms with Gasteiger partial charge in [0.05, 0.1) is 23.1 Å². The number of rotatable bonds is 4. The zero-order valence-corrected chi connectivity index (χ0v) is 19.3. The summed E-state index contributed by atoms with van der Waals surface area (Å²) in [5, 5.41) is 0. The summed E-state index contributed by atoms with van der Waals surface area (Å²) < 4.78 is 39.0.